The molecule has 1 aromatic carbocycles. The fourth-order valence-corrected chi connectivity index (χ4v) is 0.870. The second-order valence-electron chi connectivity index (χ2n) is 2.01. The Morgan fingerprint density at radius 3 is 2.25 bits per heavy atom. The fourth-order valence-electron chi connectivity index (χ4n) is 0.870. The summed E-state index contributed by atoms with van der Waals surface area (Å²) in [4.78, 5) is 0. The summed E-state index contributed by atoms with van der Waals surface area (Å²) < 4.78 is 9.82. The zero-order valence-corrected chi connectivity index (χ0v) is 6.50. The number of para-hydroxylation sites is 1. The Hall–Kier alpha value is -0.380. The van der Waals surface area contributed by atoms with Crippen LogP contribution >= 0.6 is 0 Å². The molecule has 0 aliphatic rings. The van der Waals surface area contributed by atoms with Crippen LogP contribution in [0.2, 0.25) is 0 Å². The molecule has 1 rings (SSSR count). The van der Waals surface area contributed by atoms with E-state index in [0.717, 1.165) is 0 Å². The molecule has 1 aromatic rings. The summed E-state index contributed by atoms with van der Waals surface area (Å²) >= 11 is 0. The van der Waals surface area contributed by atoms with Crippen molar-refractivity contribution in [2.24, 2.45) is 0 Å². The summed E-state index contributed by atoms with van der Waals surface area (Å²) in [6.07, 6.45) is 0. The van der Waals surface area contributed by atoms with Gasteiger partial charge in [-0.15, -0.1) is 0 Å². The number of aromatic hydroxyl groups is 1. The van der Waals surface area contributed by atoms with E-state index in [4.69, 9.17) is 9.47 Å². The van der Waals surface area contributed by atoms with Crippen LogP contribution in [0.25, 0.3) is 0 Å². The molecular weight excluding hydrogens is 167 g/mol. The van der Waals surface area contributed by atoms with Gasteiger partial charge in [0.2, 0.25) is 5.75 Å². The molecule has 3 nitrogen and oxygen atoms in total. The van der Waals surface area contributed by atoms with E-state index >= 15 is 0 Å². The summed E-state index contributed by atoms with van der Waals surface area (Å²) in [7, 11) is 3.01. The predicted octanol–water partition coefficient (Wildman–Crippen LogP) is 0.761. The van der Waals surface area contributed by atoms with Crippen molar-refractivity contribution in [1.82, 2.24) is 0 Å². The third-order valence-corrected chi connectivity index (χ3v) is 1.38. The SMILES string of the molecule is COc1cccc(O)c1OC.[NaH]. The Morgan fingerprint density at radius 1 is 1.17 bits per heavy atom. The molecule has 0 atom stereocenters. The molecule has 62 valence electrons. The summed E-state index contributed by atoms with van der Waals surface area (Å²) in [6.45, 7) is 0. The molecule has 0 bridgehead atoms. The normalized spacial score (nSPS) is 8.50. The molecule has 0 spiro atoms. The molecule has 0 saturated heterocycles. The van der Waals surface area contributed by atoms with Crippen LogP contribution in [-0.4, -0.2) is 48.9 Å². The van der Waals surface area contributed by atoms with Crippen LogP contribution in [0.3, 0.4) is 0 Å². The van der Waals surface area contributed by atoms with Gasteiger partial charge in [0.15, 0.2) is 11.5 Å². The monoisotopic (exact) mass is 178 g/mol. The maximum absolute atomic E-state index is 9.22. The Bertz CT molecular complexity index is 250. The third-order valence-electron chi connectivity index (χ3n) is 1.38. The quantitative estimate of drug-likeness (QED) is 0.679. The van der Waals surface area contributed by atoms with Gasteiger partial charge in [0, 0.05) is 0 Å². The van der Waals surface area contributed by atoms with Crippen LogP contribution < -0.4 is 9.47 Å². The summed E-state index contributed by atoms with van der Waals surface area (Å²) in [5.41, 5.74) is 0. The number of methoxy groups -OCH3 is 2. The van der Waals surface area contributed by atoms with Crippen molar-refractivity contribution in [2.45, 2.75) is 0 Å². The van der Waals surface area contributed by atoms with E-state index in [1.807, 2.05) is 0 Å². The maximum atomic E-state index is 9.22. The van der Waals surface area contributed by atoms with E-state index in [1.54, 1.807) is 18.2 Å². The number of benzene rings is 1. The number of phenols is 1. The molecule has 0 radical (unpaired) electrons. The van der Waals surface area contributed by atoms with E-state index in [-0.39, 0.29) is 35.3 Å². The van der Waals surface area contributed by atoms with E-state index in [2.05, 4.69) is 0 Å². The van der Waals surface area contributed by atoms with Gasteiger partial charge in [-0.1, -0.05) is 6.07 Å². The van der Waals surface area contributed by atoms with Gasteiger partial charge in [-0.05, 0) is 12.1 Å². The second-order valence-corrected chi connectivity index (χ2v) is 2.01. The van der Waals surface area contributed by atoms with Crippen molar-refractivity contribution in [1.29, 1.82) is 0 Å². The summed E-state index contributed by atoms with van der Waals surface area (Å²) in [5, 5.41) is 9.22. The van der Waals surface area contributed by atoms with Gasteiger partial charge in [0.1, 0.15) is 0 Å². The van der Waals surface area contributed by atoms with Crippen LogP contribution in [0.15, 0.2) is 18.2 Å². The molecule has 4 heteroatoms. The van der Waals surface area contributed by atoms with Gasteiger partial charge in [0.05, 0.1) is 14.2 Å². The van der Waals surface area contributed by atoms with Crippen molar-refractivity contribution in [3.63, 3.8) is 0 Å². The number of rotatable bonds is 2. The number of ether oxygens (including phenoxy) is 2. The molecular formula is C8H11NaO3. The van der Waals surface area contributed by atoms with Gasteiger partial charge >= 0.3 is 29.6 Å². The molecule has 0 aromatic heterocycles. The van der Waals surface area contributed by atoms with E-state index in [0.29, 0.717) is 11.5 Å². The minimum absolute atomic E-state index is 0. The van der Waals surface area contributed by atoms with Crippen LogP contribution in [-0.2, 0) is 0 Å². The van der Waals surface area contributed by atoms with Crippen molar-refractivity contribution < 1.29 is 14.6 Å². The van der Waals surface area contributed by atoms with E-state index in [1.165, 1.54) is 14.2 Å². The Labute approximate surface area is 93.6 Å². The van der Waals surface area contributed by atoms with Gasteiger partial charge in [-0.25, -0.2) is 0 Å². The Kier molecular flexibility index (Phi) is 5.13. The van der Waals surface area contributed by atoms with Gasteiger partial charge in [-0.2, -0.15) is 0 Å². The van der Waals surface area contributed by atoms with Gasteiger partial charge in [0.25, 0.3) is 0 Å². The number of phenolic OH excluding ortho intramolecular Hbond substituents is 1. The third kappa shape index (κ3) is 2.30. The molecule has 0 unspecified atom stereocenters. The van der Waals surface area contributed by atoms with Crippen LogP contribution in [0.5, 0.6) is 17.2 Å². The van der Waals surface area contributed by atoms with Crippen LogP contribution in [0.1, 0.15) is 0 Å². The van der Waals surface area contributed by atoms with Crippen LogP contribution in [0.4, 0.5) is 0 Å². The molecule has 1 N–H and O–H groups in total. The topological polar surface area (TPSA) is 38.7 Å². The predicted molar refractivity (Wildman–Crippen MR) is 48.4 cm³/mol. The molecule has 0 aliphatic carbocycles. The van der Waals surface area contributed by atoms with Crippen molar-refractivity contribution in [3.8, 4) is 17.2 Å². The second kappa shape index (κ2) is 5.30. The van der Waals surface area contributed by atoms with Crippen molar-refractivity contribution in [2.75, 3.05) is 14.2 Å². The average Bonchev–Trinajstić information content (AvgIpc) is 2.04. The number of hydrogen-bond donors (Lipinski definition) is 1. The first-order chi connectivity index (χ1) is 5.29. The molecule has 0 fully saturated rings. The first kappa shape index (κ1) is 11.6. The Morgan fingerprint density at radius 2 is 1.83 bits per heavy atom. The molecule has 0 heterocycles. The molecule has 0 saturated carbocycles. The molecule has 0 aliphatic heterocycles. The fraction of sp³-hybridized carbons (Fsp3) is 0.250. The molecule has 12 heavy (non-hydrogen) atoms. The zero-order valence-electron chi connectivity index (χ0n) is 6.50. The zero-order chi connectivity index (χ0) is 8.27. The van der Waals surface area contributed by atoms with E-state index in [9.17, 15) is 5.11 Å². The van der Waals surface area contributed by atoms with Crippen molar-refractivity contribution >= 4 is 29.6 Å². The van der Waals surface area contributed by atoms with Crippen molar-refractivity contribution in [3.05, 3.63) is 18.2 Å². The van der Waals surface area contributed by atoms with Gasteiger partial charge < -0.3 is 14.6 Å². The Balaban J connectivity index is 0.00000121. The van der Waals surface area contributed by atoms with E-state index < -0.39 is 0 Å². The standard InChI is InChI=1S/C8H10O3.Na.H/c1-10-7-5-3-4-6(9)8(7)11-2;;/h3-5,9H,1-2H3;;. The minimum atomic E-state index is 0. The summed E-state index contributed by atoms with van der Waals surface area (Å²) in [5.74, 6) is 0.995. The van der Waals surface area contributed by atoms with Gasteiger partial charge in [-0.3, -0.25) is 0 Å². The van der Waals surface area contributed by atoms with Crippen LogP contribution in [0, 0.1) is 0 Å². The average molecular weight is 178 g/mol. The molecule has 0 amide bonds. The number of hydrogen-bond acceptors (Lipinski definition) is 3. The first-order valence-corrected chi connectivity index (χ1v) is 3.19. The first-order valence-electron chi connectivity index (χ1n) is 3.19. The summed E-state index contributed by atoms with van der Waals surface area (Å²) in [6, 6.07) is 4.95.